The first-order valence-corrected chi connectivity index (χ1v) is 11.2. The van der Waals surface area contributed by atoms with Gasteiger partial charge in [0.2, 0.25) is 0 Å². The molecule has 2 atom stereocenters. The van der Waals surface area contributed by atoms with E-state index in [4.69, 9.17) is 0 Å². The van der Waals surface area contributed by atoms with Gasteiger partial charge in [0, 0.05) is 29.1 Å². The van der Waals surface area contributed by atoms with E-state index in [0.717, 1.165) is 17.7 Å². The number of carbonyl (C=O) groups excluding carboxylic acids is 2. The molecule has 7 nitrogen and oxygen atoms in total. The Morgan fingerprint density at radius 3 is 2.17 bits per heavy atom. The second-order valence-corrected chi connectivity index (χ2v) is 8.51. The minimum absolute atomic E-state index is 0.00642. The molecule has 3 N–H and O–H groups in total. The standard InChI is InChI=1S/C26H22F3N3O4/c27-26(28,29)17-3-1-4-19(13-17)32-25(36)31-18-10-7-15(8-11-18)16-9-12-22(30-14-16)23(33)20-5-2-6-21(20)24(34)35/h1,3-4,7-14,20-21H,2,5-6H2,(H,34,35)(H2,31,32,36)/t20-,21-/m1/s1. The first kappa shape index (κ1) is 24.9. The zero-order chi connectivity index (χ0) is 25.9. The van der Waals surface area contributed by atoms with Gasteiger partial charge >= 0.3 is 18.2 Å². The quantitative estimate of drug-likeness (QED) is 0.357. The Morgan fingerprint density at radius 1 is 0.861 bits per heavy atom. The van der Waals surface area contributed by atoms with Gasteiger partial charge < -0.3 is 15.7 Å². The van der Waals surface area contributed by atoms with Crippen LogP contribution < -0.4 is 10.6 Å². The number of hydrogen-bond donors (Lipinski definition) is 3. The Hall–Kier alpha value is -4.21. The lowest BCUT2D eigenvalue weighted by Crippen LogP contribution is -2.25. The minimum Gasteiger partial charge on any atom is -0.481 e. The molecule has 0 saturated heterocycles. The minimum atomic E-state index is -4.51. The van der Waals surface area contributed by atoms with Crippen LogP contribution in [0.2, 0.25) is 0 Å². The number of amides is 2. The van der Waals surface area contributed by atoms with E-state index in [2.05, 4.69) is 15.6 Å². The number of benzene rings is 2. The summed E-state index contributed by atoms with van der Waals surface area (Å²) in [5, 5.41) is 14.2. The molecular formula is C26H22F3N3O4. The molecule has 0 radical (unpaired) electrons. The van der Waals surface area contributed by atoms with Crippen molar-refractivity contribution in [2.24, 2.45) is 11.8 Å². The molecule has 4 rings (SSSR count). The van der Waals surface area contributed by atoms with Crippen LogP contribution in [0.4, 0.5) is 29.3 Å². The average Bonchev–Trinajstić information content (AvgIpc) is 3.34. The number of anilines is 2. The first-order chi connectivity index (χ1) is 17.1. The monoisotopic (exact) mass is 497 g/mol. The summed E-state index contributed by atoms with van der Waals surface area (Å²) in [6.07, 6.45) is -1.26. The maximum absolute atomic E-state index is 12.8. The third-order valence-electron chi connectivity index (χ3n) is 6.11. The van der Waals surface area contributed by atoms with Crippen molar-refractivity contribution in [3.63, 3.8) is 0 Å². The van der Waals surface area contributed by atoms with Gasteiger partial charge in [0.05, 0.1) is 11.5 Å². The average molecular weight is 497 g/mol. The number of carboxylic acid groups (broad SMARTS) is 1. The fourth-order valence-electron chi connectivity index (χ4n) is 4.28. The van der Waals surface area contributed by atoms with E-state index in [-0.39, 0.29) is 17.2 Å². The van der Waals surface area contributed by atoms with Crippen LogP contribution in [0.1, 0.15) is 35.3 Å². The Balaban J connectivity index is 1.38. The van der Waals surface area contributed by atoms with Crippen LogP contribution in [0.25, 0.3) is 11.1 Å². The molecule has 2 amide bonds. The molecule has 1 heterocycles. The summed E-state index contributed by atoms with van der Waals surface area (Å²) < 4.78 is 38.5. The number of aromatic nitrogens is 1. The van der Waals surface area contributed by atoms with Gasteiger partial charge in [0.25, 0.3) is 0 Å². The van der Waals surface area contributed by atoms with E-state index in [1.807, 2.05) is 0 Å². The zero-order valence-corrected chi connectivity index (χ0v) is 18.9. The van der Waals surface area contributed by atoms with E-state index in [0.29, 0.717) is 30.5 Å². The topological polar surface area (TPSA) is 108 Å². The van der Waals surface area contributed by atoms with E-state index in [1.165, 1.54) is 18.3 Å². The molecule has 1 aliphatic carbocycles. The molecule has 2 aromatic carbocycles. The number of aliphatic carboxylic acids is 1. The molecule has 1 saturated carbocycles. The number of carboxylic acids is 1. The SMILES string of the molecule is O=C(Nc1ccc(-c2ccc(C(=O)[C@@H]3CCC[C@H]3C(=O)O)nc2)cc1)Nc1cccc(C(F)(F)F)c1. The summed E-state index contributed by atoms with van der Waals surface area (Å²) in [4.78, 5) is 40.5. The van der Waals surface area contributed by atoms with Crippen molar-refractivity contribution in [2.45, 2.75) is 25.4 Å². The Labute approximate surface area is 204 Å². The molecule has 36 heavy (non-hydrogen) atoms. The number of urea groups is 1. The molecule has 0 unspecified atom stereocenters. The van der Waals surface area contributed by atoms with Crippen molar-refractivity contribution < 1.29 is 32.7 Å². The number of ketones is 1. The van der Waals surface area contributed by atoms with Crippen LogP contribution in [0.5, 0.6) is 0 Å². The van der Waals surface area contributed by atoms with Crippen LogP contribution in [-0.2, 0) is 11.0 Å². The Kier molecular flexibility index (Phi) is 7.05. The molecule has 186 valence electrons. The number of pyridine rings is 1. The molecule has 3 aromatic rings. The first-order valence-electron chi connectivity index (χ1n) is 11.2. The lowest BCUT2D eigenvalue weighted by molar-refractivity contribution is -0.142. The number of nitrogens with one attached hydrogen (secondary N) is 2. The van der Waals surface area contributed by atoms with Crippen LogP contribution >= 0.6 is 0 Å². The fraction of sp³-hybridized carbons (Fsp3) is 0.231. The van der Waals surface area contributed by atoms with Crippen molar-refractivity contribution >= 4 is 29.2 Å². The second-order valence-electron chi connectivity index (χ2n) is 8.51. The summed E-state index contributed by atoms with van der Waals surface area (Å²) >= 11 is 0. The number of nitrogens with zero attached hydrogens (tertiary/aromatic N) is 1. The summed E-state index contributed by atoms with van der Waals surface area (Å²) in [5.41, 5.74) is 1.26. The van der Waals surface area contributed by atoms with Crippen LogP contribution in [0.15, 0.2) is 66.9 Å². The summed E-state index contributed by atoms with van der Waals surface area (Å²) in [5.74, 6) is -2.46. The molecule has 1 fully saturated rings. The normalized spacial score (nSPS) is 17.4. The van der Waals surface area contributed by atoms with E-state index < -0.39 is 35.6 Å². The highest BCUT2D eigenvalue weighted by Gasteiger charge is 2.38. The van der Waals surface area contributed by atoms with Gasteiger partial charge in [-0.1, -0.05) is 30.7 Å². The van der Waals surface area contributed by atoms with Crippen molar-refractivity contribution in [3.05, 3.63) is 78.1 Å². The van der Waals surface area contributed by atoms with Gasteiger partial charge in [-0.2, -0.15) is 13.2 Å². The number of halogens is 3. The molecular weight excluding hydrogens is 475 g/mol. The van der Waals surface area contributed by atoms with Gasteiger partial charge in [-0.05, 0) is 54.8 Å². The Morgan fingerprint density at radius 2 is 1.53 bits per heavy atom. The van der Waals surface area contributed by atoms with Crippen LogP contribution in [0.3, 0.4) is 0 Å². The third-order valence-corrected chi connectivity index (χ3v) is 6.11. The number of hydrogen-bond acceptors (Lipinski definition) is 4. The molecule has 1 aromatic heterocycles. The predicted molar refractivity (Wildman–Crippen MR) is 127 cm³/mol. The Bertz CT molecular complexity index is 1270. The summed E-state index contributed by atoms with van der Waals surface area (Å²) in [6, 6.07) is 13.6. The van der Waals surface area contributed by atoms with Crippen LogP contribution in [0, 0.1) is 11.8 Å². The smallest absolute Gasteiger partial charge is 0.416 e. The number of rotatable bonds is 6. The fourth-order valence-corrected chi connectivity index (χ4v) is 4.28. The van der Waals surface area contributed by atoms with E-state index in [1.54, 1.807) is 36.4 Å². The lowest BCUT2D eigenvalue weighted by atomic mass is 9.90. The molecule has 1 aliphatic rings. The molecule has 0 spiro atoms. The highest BCUT2D eigenvalue weighted by Crippen LogP contribution is 2.34. The van der Waals surface area contributed by atoms with Gasteiger partial charge in [-0.15, -0.1) is 0 Å². The highest BCUT2D eigenvalue weighted by atomic mass is 19.4. The summed E-state index contributed by atoms with van der Waals surface area (Å²) in [6.45, 7) is 0. The summed E-state index contributed by atoms with van der Waals surface area (Å²) in [7, 11) is 0. The van der Waals surface area contributed by atoms with Crippen LogP contribution in [-0.4, -0.2) is 27.9 Å². The maximum atomic E-state index is 12.8. The van der Waals surface area contributed by atoms with Gasteiger partial charge in [0.15, 0.2) is 5.78 Å². The number of Topliss-reactive ketones (excluding diaryl/α,β-unsaturated/α-hetero) is 1. The lowest BCUT2D eigenvalue weighted by Gasteiger charge is -2.14. The zero-order valence-electron chi connectivity index (χ0n) is 18.9. The van der Waals surface area contributed by atoms with Crippen molar-refractivity contribution in [1.29, 1.82) is 0 Å². The molecule has 10 heteroatoms. The maximum Gasteiger partial charge on any atom is 0.416 e. The molecule has 0 aliphatic heterocycles. The van der Waals surface area contributed by atoms with Crippen molar-refractivity contribution in [1.82, 2.24) is 4.98 Å². The number of carbonyl (C=O) groups is 3. The predicted octanol–water partition coefficient (Wildman–Crippen LogP) is 6.10. The highest BCUT2D eigenvalue weighted by molar-refractivity contribution is 6.00. The van der Waals surface area contributed by atoms with E-state index >= 15 is 0 Å². The van der Waals surface area contributed by atoms with Gasteiger partial charge in [-0.25, -0.2) is 4.79 Å². The van der Waals surface area contributed by atoms with Crippen molar-refractivity contribution in [3.8, 4) is 11.1 Å². The van der Waals surface area contributed by atoms with Crippen molar-refractivity contribution in [2.75, 3.05) is 10.6 Å². The van der Waals surface area contributed by atoms with Gasteiger partial charge in [0.1, 0.15) is 5.69 Å². The molecule has 0 bridgehead atoms. The second kappa shape index (κ2) is 10.2. The third kappa shape index (κ3) is 5.70. The number of alkyl halides is 3. The van der Waals surface area contributed by atoms with E-state index in [9.17, 15) is 32.7 Å². The van der Waals surface area contributed by atoms with Gasteiger partial charge in [-0.3, -0.25) is 14.6 Å². The largest absolute Gasteiger partial charge is 0.481 e.